The molecule has 0 radical (unpaired) electrons. The van der Waals surface area contributed by atoms with Crippen molar-refractivity contribution in [3.05, 3.63) is 83.9 Å². The van der Waals surface area contributed by atoms with Gasteiger partial charge in [-0.05, 0) is 19.1 Å². The van der Waals surface area contributed by atoms with Crippen molar-refractivity contribution in [2.45, 2.75) is 33.0 Å². The van der Waals surface area contributed by atoms with Gasteiger partial charge in [0.1, 0.15) is 0 Å². The summed E-state index contributed by atoms with van der Waals surface area (Å²) in [5, 5.41) is 8.41. The average molecular weight is 397 g/mol. The third kappa shape index (κ3) is 3.12. The van der Waals surface area contributed by atoms with Crippen LogP contribution in [0.25, 0.3) is 21.8 Å². The number of carbonyl (C=O) groups is 1. The molecule has 150 valence electrons. The van der Waals surface area contributed by atoms with Gasteiger partial charge >= 0.3 is 0 Å². The van der Waals surface area contributed by atoms with Gasteiger partial charge in [-0.25, -0.2) is 0 Å². The molecule has 5 heteroatoms. The summed E-state index contributed by atoms with van der Waals surface area (Å²) in [7, 11) is 0. The number of hydrogen-bond donors (Lipinski definition) is 0. The topological polar surface area (TPSA) is 46.8 Å². The Morgan fingerprint density at radius 3 is 2.13 bits per heavy atom. The van der Waals surface area contributed by atoms with Crippen molar-refractivity contribution in [1.82, 2.24) is 9.58 Å². The monoisotopic (exact) mass is 397 g/mol. The predicted octanol–water partition coefficient (Wildman–Crippen LogP) is 5.38. The number of rotatable bonds is 4. The predicted molar refractivity (Wildman–Crippen MR) is 119 cm³/mol. The van der Waals surface area contributed by atoms with Crippen LogP contribution in [0.2, 0.25) is 0 Å². The maximum atomic E-state index is 12.2. The minimum atomic E-state index is -0.503. The Bertz CT molecular complexity index is 1220. The van der Waals surface area contributed by atoms with Crippen LogP contribution in [-0.4, -0.2) is 21.4 Å². The van der Waals surface area contributed by atoms with Gasteiger partial charge in [-0.2, -0.15) is 5.01 Å². The SMILES string of the molecule is CC(=O)N1N=C(CCn2c3ccccc3c3ccccc32)OC1c1ccc(C)cc1. The highest BCUT2D eigenvalue weighted by atomic mass is 16.5. The minimum Gasteiger partial charge on any atom is -0.449 e. The van der Waals surface area contributed by atoms with Gasteiger partial charge in [-0.15, -0.1) is 5.10 Å². The van der Waals surface area contributed by atoms with Gasteiger partial charge < -0.3 is 9.30 Å². The number of ether oxygens (including phenoxy) is 1. The second-order valence-corrected chi connectivity index (χ2v) is 7.67. The summed E-state index contributed by atoms with van der Waals surface area (Å²) < 4.78 is 8.42. The summed E-state index contributed by atoms with van der Waals surface area (Å²) in [4.78, 5) is 12.2. The Hall–Kier alpha value is -3.60. The zero-order valence-electron chi connectivity index (χ0n) is 17.1. The van der Waals surface area contributed by atoms with E-state index in [-0.39, 0.29) is 5.91 Å². The molecule has 1 aliphatic rings. The Balaban J connectivity index is 1.43. The molecule has 1 aliphatic heterocycles. The van der Waals surface area contributed by atoms with Crippen molar-refractivity contribution in [2.75, 3.05) is 0 Å². The van der Waals surface area contributed by atoms with Gasteiger partial charge in [0.15, 0.2) is 0 Å². The molecule has 0 N–H and O–H groups in total. The fraction of sp³-hybridized carbons (Fsp3) is 0.200. The van der Waals surface area contributed by atoms with E-state index >= 15 is 0 Å². The summed E-state index contributed by atoms with van der Waals surface area (Å²) >= 11 is 0. The molecule has 0 fully saturated rings. The summed E-state index contributed by atoms with van der Waals surface area (Å²) in [6, 6.07) is 24.9. The quantitative estimate of drug-likeness (QED) is 0.464. The van der Waals surface area contributed by atoms with Crippen LogP contribution in [0.4, 0.5) is 0 Å². The number of aromatic nitrogens is 1. The van der Waals surface area contributed by atoms with Gasteiger partial charge in [-0.3, -0.25) is 4.79 Å². The highest BCUT2D eigenvalue weighted by Gasteiger charge is 2.32. The maximum absolute atomic E-state index is 12.2. The van der Waals surface area contributed by atoms with Gasteiger partial charge in [-0.1, -0.05) is 66.2 Å². The van der Waals surface area contributed by atoms with Crippen molar-refractivity contribution in [3.63, 3.8) is 0 Å². The molecule has 0 bridgehead atoms. The van der Waals surface area contributed by atoms with Gasteiger partial charge in [0.25, 0.3) is 0 Å². The maximum Gasteiger partial charge on any atom is 0.243 e. The van der Waals surface area contributed by atoms with Crippen LogP contribution in [0, 0.1) is 6.92 Å². The number of fused-ring (bicyclic) bond motifs is 3. The molecule has 4 aromatic rings. The molecule has 5 nitrogen and oxygen atoms in total. The fourth-order valence-electron chi connectivity index (χ4n) is 4.11. The molecule has 2 heterocycles. The fourth-order valence-corrected chi connectivity index (χ4v) is 4.11. The molecule has 30 heavy (non-hydrogen) atoms. The van der Waals surface area contributed by atoms with Crippen molar-refractivity contribution >= 4 is 33.6 Å². The second-order valence-electron chi connectivity index (χ2n) is 7.67. The van der Waals surface area contributed by atoms with Crippen LogP contribution < -0.4 is 0 Å². The molecule has 3 aromatic carbocycles. The number of carbonyl (C=O) groups excluding carboxylic acids is 1. The van der Waals surface area contributed by atoms with Gasteiger partial charge in [0, 0.05) is 47.3 Å². The first-order chi connectivity index (χ1) is 14.6. The molecule has 1 unspecified atom stereocenters. The summed E-state index contributed by atoms with van der Waals surface area (Å²) in [6.45, 7) is 4.28. The van der Waals surface area contributed by atoms with E-state index in [1.165, 1.54) is 39.3 Å². The first-order valence-corrected chi connectivity index (χ1v) is 10.2. The smallest absolute Gasteiger partial charge is 0.243 e. The molecular formula is C25H23N3O2. The summed E-state index contributed by atoms with van der Waals surface area (Å²) in [5.41, 5.74) is 4.47. The van der Waals surface area contributed by atoms with E-state index in [9.17, 15) is 4.79 Å². The number of nitrogens with zero attached hydrogens (tertiary/aromatic N) is 3. The molecule has 1 atom stereocenters. The van der Waals surface area contributed by atoms with Crippen molar-refractivity contribution in [3.8, 4) is 0 Å². The van der Waals surface area contributed by atoms with Crippen LogP contribution >= 0.6 is 0 Å². The van der Waals surface area contributed by atoms with Gasteiger partial charge in [0.05, 0.1) is 0 Å². The molecule has 0 saturated heterocycles. The first-order valence-electron chi connectivity index (χ1n) is 10.2. The van der Waals surface area contributed by atoms with Crippen LogP contribution in [-0.2, 0) is 16.1 Å². The highest BCUT2D eigenvalue weighted by Crippen LogP contribution is 2.31. The third-order valence-corrected chi connectivity index (χ3v) is 5.60. The van der Waals surface area contributed by atoms with E-state index in [1.54, 1.807) is 0 Å². The largest absolute Gasteiger partial charge is 0.449 e. The molecule has 1 amide bonds. The van der Waals surface area contributed by atoms with Crippen LogP contribution in [0.1, 0.15) is 30.7 Å². The number of hydrazone groups is 1. The zero-order chi connectivity index (χ0) is 20.7. The Morgan fingerprint density at radius 2 is 1.53 bits per heavy atom. The lowest BCUT2D eigenvalue weighted by Crippen LogP contribution is -2.25. The first kappa shape index (κ1) is 18.4. The Kier molecular flexibility index (Phi) is 4.51. The average Bonchev–Trinajstić information content (AvgIpc) is 3.33. The van der Waals surface area contributed by atoms with E-state index in [2.05, 4.69) is 58.2 Å². The van der Waals surface area contributed by atoms with Crippen LogP contribution in [0.3, 0.4) is 0 Å². The number of hydrogen-bond acceptors (Lipinski definition) is 3. The van der Waals surface area contributed by atoms with E-state index in [0.717, 1.165) is 12.1 Å². The van der Waals surface area contributed by atoms with E-state index < -0.39 is 6.23 Å². The van der Waals surface area contributed by atoms with Crippen molar-refractivity contribution in [2.24, 2.45) is 5.10 Å². The van der Waals surface area contributed by atoms with Crippen LogP contribution in [0.5, 0.6) is 0 Å². The number of benzene rings is 3. The lowest BCUT2D eigenvalue weighted by atomic mass is 10.1. The number of para-hydroxylation sites is 2. The van der Waals surface area contributed by atoms with Crippen molar-refractivity contribution < 1.29 is 9.53 Å². The van der Waals surface area contributed by atoms with Crippen molar-refractivity contribution in [1.29, 1.82) is 0 Å². The Labute approximate surface area is 175 Å². The van der Waals surface area contributed by atoms with Gasteiger partial charge in [0.2, 0.25) is 18.0 Å². The highest BCUT2D eigenvalue weighted by molar-refractivity contribution is 6.08. The standard InChI is InChI=1S/C25H23N3O2/c1-17-11-13-19(14-12-17)25-28(18(2)29)26-24(30-25)15-16-27-22-9-5-3-7-20(22)21-8-4-6-10-23(21)27/h3-14,25H,15-16H2,1-2H3. The Morgan fingerprint density at radius 1 is 0.933 bits per heavy atom. The van der Waals surface area contributed by atoms with E-state index in [4.69, 9.17) is 4.74 Å². The second kappa shape index (κ2) is 7.34. The molecule has 0 aliphatic carbocycles. The lowest BCUT2D eigenvalue weighted by molar-refractivity contribution is -0.135. The number of amides is 1. The summed E-state index contributed by atoms with van der Waals surface area (Å²) in [6.07, 6.45) is 0.102. The molecule has 5 rings (SSSR count). The van der Waals surface area contributed by atoms with E-state index in [1.807, 2.05) is 31.2 Å². The van der Waals surface area contributed by atoms with Crippen LogP contribution in [0.15, 0.2) is 77.9 Å². The van der Waals surface area contributed by atoms with E-state index in [0.29, 0.717) is 12.3 Å². The minimum absolute atomic E-state index is 0.132. The lowest BCUT2D eigenvalue weighted by Gasteiger charge is -2.19. The summed E-state index contributed by atoms with van der Waals surface area (Å²) in [5.74, 6) is 0.449. The number of aryl methyl sites for hydroxylation is 2. The normalized spacial score (nSPS) is 16.1. The molecular weight excluding hydrogens is 374 g/mol. The zero-order valence-corrected chi connectivity index (χ0v) is 17.1. The molecule has 0 saturated carbocycles. The molecule has 1 aromatic heterocycles. The third-order valence-electron chi connectivity index (χ3n) is 5.60. The molecule has 0 spiro atoms.